The third-order valence-electron chi connectivity index (χ3n) is 3.98. The SMILES string of the molecule is Cc1cccc(-c2nc(CCC(=O)NCC3CCCO3)cs2)c1. The molecule has 1 N–H and O–H groups in total. The number of nitrogens with zero attached hydrogens (tertiary/aromatic N) is 1. The van der Waals surface area contributed by atoms with Gasteiger partial charge in [0, 0.05) is 30.5 Å². The van der Waals surface area contributed by atoms with Crippen LogP contribution in [-0.2, 0) is 16.0 Å². The predicted octanol–water partition coefficient (Wildman–Crippen LogP) is 3.35. The Morgan fingerprint density at radius 1 is 1.48 bits per heavy atom. The van der Waals surface area contributed by atoms with Gasteiger partial charge in [0.05, 0.1) is 11.8 Å². The Labute approximate surface area is 140 Å². The molecule has 0 bridgehead atoms. The van der Waals surface area contributed by atoms with E-state index in [9.17, 15) is 4.79 Å². The maximum Gasteiger partial charge on any atom is 0.220 e. The summed E-state index contributed by atoms with van der Waals surface area (Å²) in [6.07, 6.45) is 3.50. The quantitative estimate of drug-likeness (QED) is 0.884. The normalized spacial score (nSPS) is 17.3. The minimum Gasteiger partial charge on any atom is -0.376 e. The minimum atomic E-state index is 0.0746. The molecule has 2 aromatic rings. The van der Waals surface area contributed by atoms with Gasteiger partial charge in [0.2, 0.25) is 5.91 Å². The molecule has 1 aliphatic heterocycles. The molecule has 122 valence electrons. The van der Waals surface area contributed by atoms with E-state index in [1.54, 1.807) is 11.3 Å². The van der Waals surface area contributed by atoms with Crippen LogP contribution in [0.2, 0.25) is 0 Å². The summed E-state index contributed by atoms with van der Waals surface area (Å²) < 4.78 is 5.50. The minimum absolute atomic E-state index is 0.0746. The first-order chi connectivity index (χ1) is 11.2. The molecule has 0 saturated carbocycles. The molecule has 1 aromatic carbocycles. The summed E-state index contributed by atoms with van der Waals surface area (Å²) in [5.74, 6) is 0.0746. The fourth-order valence-corrected chi connectivity index (χ4v) is 3.55. The molecule has 1 saturated heterocycles. The third kappa shape index (κ3) is 4.62. The average molecular weight is 330 g/mol. The number of aromatic nitrogens is 1. The van der Waals surface area contributed by atoms with Gasteiger partial charge in [0.1, 0.15) is 5.01 Å². The molecule has 1 fully saturated rings. The van der Waals surface area contributed by atoms with Crippen LogP contribution in [0.5, 0.6) is 0 Å². The van der Waals surface area contributed by atoms with Gasteiger partial charge in [-0.3, -0.25) is 4.79 Å². The molecule has 1 unspecified atom stereocenters. The number of benzene rings is 1. The van der Waals surface area contributed by atoms with E-state index in [4.69, 9.17) is 4.74 Å². The zero-order chi connectivity index (χ0) is 16.1. The Hall–Kier alpha value is -1.72. The molecule has 1 amide bonds. The first-order valence-corrected chi connectivity index (χ1v) is 8.98. The van der Waals surface area contributed by atoms with Gasteiger partial charge in [0.15, 0.2) is 0 Å². The van der Waals surface area contributed by atoms with Crippen LogP contribution >= 0.6 is 11.3 Å². The van der Waals surface area contributed by atoms with Crippen LogP contribution in [0, 0.1) is 6.92 Å². The number of ether oxygens (including phenoxy) is 1. The van der Waals surface area contributed by atoms with Crippen LogP contribution in [0.15, 0.2) is 29.6 Å². The number of nitrogens with one attached hydrogen (secondary N) is 1. The molecule has 4 nitrogen and oxygen atoms in total. The summed E-state index contributed by atoms with van der Waals surface area (Å²) in [4.78, 5) is 16.5. The molecule has 1 atom stereocenters. The number of aryl methyl sites for hydroxylation is 2. The van der Waals surface area contributed by atoms with Crippen molar-refractivity contribution in [1.82, 2.24) is 10.3 Å². The largest absolute Gasteiger partial charge is 0.376 e. The Bertz CT molecular complexity index is 663. The zero-order valence-corrected chi connectivity index (χ0v) is 14.2. The van der Waals surface area contributed by atoms with Crippen LogP contribution in [-0.4, -0.2) is 30.1 Å². The van der Waals surface area contributed by atoms with Crippen molar-refractivity contribution in [2.45, 2.75) is 38.7 Å². The Kier molecular flexibility index (Phi) is 5.41. The van der Waals surface area contributed by atoms with E-state index in [0.29, 0.717) is 19.4 Å². The maximum atomic E-state index is 11.9. The Balaban J connectivity index is 1.48. The number of carbonyl (C=O) groups excluding carboxylic acids is 1. The summed E-state index contributed by atoms with van der Waals surface area (Å²) in [6.45, 7) is 3.53. The summed E-state index contributed by atoms with van der Waals surface area (Å²) in [6, 6.07) is 8.33. The second kappa shape index (κ2) is 7.70. The van der Waals surface area contributed by atoms with Crippen LogP contribution in [0.1, 0.15) is 30.5 Å². The lowest BCUT2D eigenvalue weighted by molar-refractivity contribution is -0.121. The second-order valence-electron chi connectivity index (χ2n) is 5.95. The van der Waals surface area contributed by atoms with Gasteiger partial charge in [0.25, 0.3) is 0 Å². The van der Waals surface area contributed by atoms with Crippen molar-refractivity contribution in [3.05, 3.63) is 40.9 Å². The fraction of sp³-hybridized carbons (Fsp3) is 0.444. The molecule has 23 heavy (non-hydrogen) atoms. The molecule has 0 spiro atoms. The highest BCUT2D eigenvalue weighted by molar-refractivity contribution is 7.13. The Morgan fingerprint density at radius 3 is 3.17 bits per heavy atom. The number of carbonyl (C=O) groups is 1. The summed E-state index contributed by atoms with van der Waals surface area (Å²) in [5.41, 5.74) is 3.36. The predicted molar refractivity (Wildman–Crippen MR) is 92.6 cm³/mol. The Morgan fingerprint density at radius 2 is 2.39 bits per heavy atom. The lowest BCUT2D eigenvalue weighted by Gasteiger charge is -2.10. The molecule has 5 heteroatoms. The first kappa shape index (κ1) is 16.1. The zero-order valence-electron chi connectivity index (χ0n) is 13.4. The van der Waals surface area contributed by atoms with Gasteiger partial charge in [-0.25, -0.2) is 4.98 Å². The molecule has 0 radical (unpaired) electrons. The second-order valence-corrected chi connectivity index (χ2v) is 6.81. The van der Waals surface area contributed by atoms with Crippen molar-refractivity contribution in [2.24, 2.45) is 0 Å². The van der Waals surface area contributed by atoms with Gasteiger partial charge in [-0.2, -0.15) is 0 Å². The number of thiazole rings is 1. The average Bonchev–Trinajstić information content (AvgIpc) is 3.22. The van der Waals surface area contributed by atoms with Gasteiger partial charge in [-0.15, -0.1) is 11.3 Å². The number of rotatable bonds is 6. The molecule has 1 aliphatic rings. The molecular weight excluding hydrogens is 308 g/mol. The molecule has 2 heterocycles. The van der Waals surface area contributed by atoms with E-state index in [-0.39, 0.29) is 12.0 Å². The molecule has 3 rings (SSSR count). The fourth-order valence-electron chi connectivity index (χ4n) is 2.70. The topological polar surface area (TPSA) is 51.2 Å². The van der Waals surface area contributed by atoms with Crippen molar-refractivity contribution in [2.75, 3.05) is 13.2 Å². The van der Waals surface area contributed by atoms with Gasteiger partial charge in [-0.05, 0) is 32.3 Å². The lowest BCUT2D eigenvalue weighted by Crippen LogP contribution is -2.31. The van der Waals surface area contributed by atoms with E-state index in [0.717, 1.165) is 35.7 Å². The molecular formula is C18H22N2O2S. The number of amides is 1. The van der Waals surface area contributed by atoms with E-state index in [1.807, 2.05) is 11.4 Å². The van der Waals surface area contributed by atoms with E-state index >= 15 is 0 Å². The van der Waals surface area contributed by atoms with Crippen molar-refractivity contribution in [3.63, 3.8) is 0 Å². The summed E-state index contributed by atoms with van der Waals surface area (Å²) >= 11 is 1.63. The van der Waals surface area contributed by atoms with E-state index in [1.165, 1.54) is 5.56 Å². The van der Waals surface area contributed by atoms with Crippen LogP contribution in [0.3, 0.4) is 0 Å². The summed E-state index contributed by atoms with van der Waals surface area (Å²) in [5, 5.41) is 6.02. The smallest absolute Gasteiger partial charge is 0.220 e. The van der Waals surface area contributed by atoms with Crippen LogP contribution < -0.4 is 5.32 Å². The van der Waals surface area contributed by atoms with Crippen molar-refractivity contribution >= 4 is 17.2 Å². The van der Waals surface area contributed by atoms with E-state index < -0.39 is 0 Å². The van der Waals surface area contributed by atoms with Gasteiger partial charge in [-0.1, -0.05) is 23.8 Å². The summed E-state index contributed by atoms with van der Waals surface area (Å²) in [7, 11) is 0. The third-order valence-corrected chi connectivity index (χ3v) is 4.92. The van der Waals surface area contributed by atoms with Crippen molar-refractivity contribution < 1.29 is 9.53 Å². The number of hydrogen-bond acceptors (Lipinski definition) is 4. The van der Waals surface area contributed by atoms with Crippen LogP contribution in [0.25, 0.3) is 10.6 Å². The highest BCUT2D eigenvalue weighted by Crippen LogP contribution is 2.24. The van der Waals surface area contributed by atoms with E-state index in [2.05, 4.69) is 35.4 Å². The number of hydrogen-bond donors (Lipinski definition) is 1. The lowest BCUT2D eigenvalue weighted by atomic mass is 10.1. The van der Waals surface area contributed by atoms with Crippen molar-refractivity contribution in [3.8, 4) is 10.6 Å². The standard InChI is InChI=1S/C18H22N2O2S/c1-13-4-2-5-14(10-13)18-20-15(12-23-18)7-8-17(21)19-11-16-6-3-9-22-16/h2,4-5,10,12,16H,3,6-9,11H2,1H3,(H,19,21). The molecule has 1 aromatic heterocycles. The first-order valence-electron chi connectivity index (χ1n) is 8.10. The van der Waals surface area contributed by atoms with Gasteiger partial charge < -0.3 is 10.1 Å². The van der Waals surface area contributed by atoms with Crippen molar-refractivity contribution in [1.29, 1.82) is 0 Å². The highest BCUT2D eigenvalue weighted by atomic mass is 32.1. The monoisotopic (exact) mass is 330 g/mol. The maximum absolute atomic E-state index is 11.9. The van der Waals surface area contributed by atoms with Crippen LogP contribution in [0.4, 0.5) is 0 Å². The highest BCUT2D eigenvalue weighted by Gasteiger charge is 2.16. The van der Waals surface area contributed by atoms with Gasteiger partial charge >= 0.3 is 0 Å². The molecule has 0 aliphatic carbocycles.